The van der Waals surface area contributed by atoms with E-state index in [2.05, 4.69) is 0 Å². The third-order valence-electron chi connectivity index (χ3n) is 3.23. The van der Waals surface area contributed by atoms with E-state index in [1.165, 1.54) is 19.1 Å². The first-order valence-electron chi connectivity index (χ1n) is 5.49. The van der Waals surface area contributed by atoms with E-state index in [0.29, 0.717) is 6.61 Å². The predicted octanol–water partition coefficient (Wildman–Crippen LogP) is 0.999. The van der Waals surface area contributed by atoms with Gasteiger partial charge in [0.2, 0.25) is 0 Å². The molecule has 1 heterocycles. The summed E-state index contributed by atoms with van der Waals surface area (Å²) in [5, 5.41) is 9.13. The highest BCUT2D eigenvalue weighted by atomic mass is 32.2. The SMILES string of the molecule is C[C@H]([C@@H](O)[C@@]1(C)CO1)S(=O)(=O)c1ccccc1. The molecule has 1 aliphatic heterocycles. The molecule has 1 aromatic rings. The molecule has 0 aliphatic carbocycles. The van der Waals surface area contributed by atoms with Crippen molar-refractivity contribution in [1.82, 2.24) is 0 Å². The number of benzene rings is 1. The number of aliphatic hydroxyl groups is 1. The molecule has 1 saturated heterocycles. The molecule has 5 heteroatoms. The van der Waals surface area contributed by atoms with Crippen molar-refractivity contribution in [3.05, 3.63) is 30.3 Å². The standard InChI is InChI=1S/C12H16O4S/c1-9(11(13)12(2)8-16-12)17(14,15)10-6-4-3-5-7-10/h3-7,9,11,13H,8H2,1-2H3/t9-,11-,12-/m1/s1. The Morgan fingerprint density at radius 1 is 1.35 bits per heavy atom. The average molecular weight is 256 g/mol. The van der Waals surface area contributed by atoms with Gasteiger partial charge in [-0.15, -0.1) is 0 Å². The summed E-state index contributed by atoms with van der Waals surface area (Å²) in [5.41, 5.74) is -0.707. The lowest BCUT2D eigenvalue weighted by Crippen LogP contribution is -2.41. The Morgan fingerprint density at radius 2 is 1.88 bits per heavy atom. The topological polar surface area (TPSA) is 66.9 Å². The van der Waals surface area contributed by atoms with Crippen LogP contribution >= 0.6 is 0 Å². The van der Waals surface area contributed by atoms with Gasteiger partial charge in [-0.2, -0.15) is 0 Å². The molecule has 1 fully saturated rings. The van der Waals surface area contributed by atoms with Crippen LogP contribution < -0.4 is 0 Å². The van der Waals surface area contributed by atoms with E-state index in [4.69, 9.17) is 4.74 Å². The zero-order chi connectivity index (χ0) is 12.7. The summed E-state index contributed by atoms with van der Waals surface area (Å²) >= 11 is 0. The van der Waals surface area contributed by atoms with E-state index in [-0.39, 0.29) is 4.90 Å². The molecule has 0 spiro atoms. The lowest BCUT2D eigenvalue weighted by atomic mass is 10.0. The van der Waals surface area contributed by atoms with Gasteiger partial charge >= 0.3 is 0 Å². The lowest BCUT2D eigenvalue weighted by molar-refractivity contribution is 0.0840. The summed E-state index contributed by atoms with van der Waals surface area (Å²) < 4.78 is 29.6. The molecule has 0 radical (unpaired) electrons. The summed E-state index contributed by atoms with van der Waals surface area (Å²) in [5.74, 6) is 0. The third-order valence-corrected chi connectivity index (χ3v) is 5.40. The van der Waals surface area contributed by atoms with Crippen molar-refractivity contribution in [1.29, 1.82) is 0 Å². The van der Waals surface area contributed by atoms with Crippen molar-refractivity contribution in [2.75, 3.05) is 6.61 Å². The molecular formula is C12H16O4S. The van der Waals surface area contributed by atoms with E-state index in [9.17, 15) is 13.5 Å². The van der Waals surface area contributed by atoms with Gasteiger partial charge in [-0.3, -0.25) is 0 Å². The maximum atomic E-state index is 12.2. The molecule has 3 atom stereocenters. The van der Waals surface area contributed by atoms with Gasteiger partial charge in [0.15, 0.2) is 9.84 Å². The Hall–Kier alpha value is -0.910. The minimum Gasteiger partial charge on any atom is -0.389 e. The second kappa shape index (κ2) is 4.08. The largest absolute Gasteiger partial charge is 0.389 e. The monoisotopic (exact) mass is 256 g/mol. The van der Waals surface area contributed by atoms with Crippen molar-refractivity contribution in [2.45, 2.75) is 35.7 Å². The molecule has 0 aromatic heterocycles. The van der Waals surface area contributed by atoms with Crippen LogP contribution in [-0.4, -0.2) is 37.1 Å². The van der Waals surface area contributed by atoms with Gasteiger partial charge in [0.05, 0.1) is 16.8 Å². The normalized spacial score (nSPS) is 27.5. The summed E-state index contributed by atoms with van der Waals surface area (Å²) in [4.78, 5) is 0.232. The number of aliphatic hydroxyl groups excluding tert-OH is 1. The predicted molar refractivity (Wildman–Crippen MR) is 63.5 cm³/mol. The number of sulfone groups is 1. The van der Waals surface area contributed by atoms with Crippen LogP contribution in [0.4, 0.5) is 0 Å². The molecule has 0 amide bonds. The number of rotatable bonds is 4. The highest BCUT2D eigenvalue weighted by Gasteiger charge is 2.51. The molecular weight excluding hydrogens is 240 g/mol. The Balaban J connectivity index is 2.27. The Morgan fingerprint density at radius 3 is 2.35 bits per heavy atom. The molecule has 94 valence electrons. The summed E-state index contributed by atoms with van der Waals surface area (Å²) in [7, 11) is -3.51. The van der Waals surface area contributed by atoms with Crippen molar-refractivity contribution in [3.63, 3.8) is 0 Å². The van der Waals surface area contributed by atoms with Gasteiger partial charge in [-0.1, -0.05) is 18.2 Å². The Kier molecular flexibility index (Phi) is 3.01. The van der Waals surface area contributed by atoms with Crippen molar-refractivity contribution in [2.24, 2.45) is 0 Å². The quantitative estimate of drug-likeness (QED) is 0.816. The van der Waals surface area contributed by atoms with Gasteiger partial charge in [-0.25, -0.2) is 8.42 Å². The van der Waals surface area contributed by atoms with E-state index in [0.717, 1.165) is 0 Å². The van der Waals surface area contributed by atoms with E-state index in [1.54, 1.807) is 25.1 Å². The molecule has 4 nitrogen and oxygen atoms in total. The highest BCUT2D eigenvalue weighted by molar-refractivity contribution is 7.92. The van der Waals surface area contributed by atoms with Gasteiger partial charge in [-0.05, 0) is 26.0 Å². The second-order valence-electron chi connectivity index (χ2n) is 4.61. The highest BCUT2D eigenvalue weighted by Crippen LogP contribution is 2.34. The summed E-state index contributed by atoms with van der Waals surface area (Å²) in [6, 6.07) is 8.16. The molecule has 0 saturated carbocycles. The maximum Gasteiger partial charge on any atom is 0.183 e. The van der Waals surface area contributed by atoms with Gasteiger partial charge in [0, 0.05) is 0 Å². The van der Waals surface area contributed by atoms with Gasteiger partial charge in [0.25, 0.3) is 0 Å². The summed E-state index contributed by atoms with van der Waals surface area (Å²) in [6.45, 7) is 3.64. The van der Waals surface area contributed by atoms with Crippen LogP contribution in [0.15, 0.2) is 35.2 Å². The van der Waals surface area contributed by atoms with Gasteiger partial charge < -0.3 is 9.84 Å². The third kappa shape index (κ3) is 2.22. The molecule has 1 aliphatic rings. The fourth-order valence-electron chi connectivity index (χ4n) is 1.78. The zero-order valence-electron chi connectivity index (χ0n) is 9.83. The fraction of sp³-hybridized carbons (Fsp3) is 0.500. The molecule has 1 aromatic carbocycles. The van der Waals surface area contributed by atoms with Crippen LogP contribution in [0.3, 0.4) is 0 Å². The van der Waals surface area contributed by atoms with E-state index < -0.39 is 26.8 Å². The zero-order valence-corrected chi connectivity index (χ0v) is 10.6. The average Bonchev–Trinajstić information content (AvgIpc) is 3.08. The minimum atomic E-state index is -3.51. The Bertz CT molecular complexity index is 490. The number of epoxide rings is 1. The minimum absolute atomic E-state index is 0.232. The molecule has 2 rings (SSSR count). The first-order valence-corrected chi connectivity index (χ1v) is 7.03. The number of hydrogen-bond acceptors (Lipinski definition) is 4. The summed E-state index contributed by atoms with van der Waals surface area (Å²) in [6.07, 6.45) is -1.01. The van der Waals surface area contributed by atoms with Crippen LogP contribution in [0.25, 0.3) is 0 Å². The van der Waals surface area contributed by atoms with Crippen molar-refractivity contribution < 1.29 is 18.3 Å². The van der Waals surface area contributed by atoms with Crippen LogP contribution in [0.1, 0.15) is 13.8 Å². The van der Waals surface area contributed by atoms with Crippen LogP contribution in [-0.2, 0) is 14.6 Å². The number of hydrogen-bond donors (Lipinski definition) is 1. The molecule has 1 N–H and O–H groups in total. The van der Waals surface area contributed by atoms with Crippen LogP contribution in [0.2, 0.25) is 0 Å². The smallest absolute Gasteiger partial charge is 0.183 e. The van der Waals surface area contributed by atoms with Crippen LogP contribution in [0, 0.1) is 0 Å². The van der Waals surface area contributed by atoms with E-state index >= 15 is 0 Å². The molecule has 0 unspecified atom stereocenters. The van der Waals surface area contributed by atoms with Crippen molar-refractivity contribution in [3.8, 4) is 0 Å². The van der Waals surface area contributed by atoms with E-state index in [1.807, 2.05) is 0 Å². The Labute approximate surface area is 101 Å². The fourth-order valence-corrected chi connectivity index (χ4v) is 3.37. The number of ether oxygens (including phenoxy) is 1. The first-order chi connectivity index (χ1) is 7.88. The lowest BCUT2D eigenvalue weighted by Gasteiger charge is -2.22. The second-order valence-corrected chi connectivity index (χ2v) is 6.91. The van der Waals surface area contributed by atoms with Gasteiger partial charge in [0.1, 0.15) is 11.7 Å². The molecule has 0 bridgehead atoms. The first kappa shape index (κ1) is 12.5. The maximum absolute atomic E-state index is 12.2. The molecule has 17 heavy (non-hydrogen) atoms. The van der Waals surface area contributed by atoms with Crippen LogP contribution in [0.5, 0.6) is 0 Å². The van der Waals surface area contributed by atoms with Crippen molar-refractivity contribution >= 4 is 9.84 Å².